The highest BCUT2D eigenvalue weighted by atomic mass is 16.2. The summed E-state index contributed by atoms with van der Waals surface area (Å²) in [6.45, 7) is 13.7. The first-order valence-electron chi connectivity index (χ1n) is 14.4. The number of piperazine rings is 1. The van der Waals surface area contributed by atoms with E-state index in [2.05, 4.69) is 111 Å². The molecule has 1 aliphatic heterocycles. The molecule has 0 aliphatic carbocycles. The number of carbonyl (C=O) groups is 1. The van der Waals surface area contributed by atoms with E-state index < -0.39 is 0 Å². The van der Waals surface area contributed by atoms with Crippen LogP contribution in [0.2, 0.25) is 0 Å². The van der Waals surface area contributed by atoms with Crippen LogP contribution in [0.1, 0.15) is 66.4 Å². The fourth-order valence-corrected chi connectivity index (χ4v) is 5.77. The van der Waals surface area contributed by atoms with Crippen LogP contribution in [-0.2, 0) is 24.8 Å². The van der Waals surface area contributed by atoms with E-state index in [-0.39, 0.29) is 11.3 Å². The summed E-state index contributed by atoms with van der Waals surface area (Å²) in [5.74, 6) is 0.546. The SMILES string of the molecule is CC(Cc1ccc(CCn2c(C(C)(C)C)cc3ccccc32)cc1)c1ccc(C(=O)N2CCN(C)CC2)cc1. The Balaban J connectivity index is 1.19. The summed E-state index contributed by atoms with van der Waals surface area (Å²) in [7, 11) is 2.11. The van der Waals surface area contributed by atoms with E-state index in [0.29, 0.717) is 5.92 Å². The van der Waals surface area contributed by atoms with Crippen molar-refractivity contribution in [1.82, 2.24) is 14.4 Å². The lowest BCUT2D eigenvalue weighted by atomic mass is 9.91. The minimum atomic E-state index is 0.106. The van der Waals surface area contributed by atoms with Crippen molar-refractivity contribution >= 4 is 16.8 Å². The number of rotatable bonds is 7. The molecular weight excluding hydrogens is 478 g/mol. The minimum absolute atomic E-state index is 0.106. The van der Waals surface area contributed by atoms with Gasteiger partial charge in [-0.25, -0.2) is 0 Å². The summed E-state index contributed by atoms with van der Waals surface area (Å²) in [5, 5.41) is 1.32. The Hall–Kier alpha value is -3.37. The van der Waals surface area contributed by atoms with Gasteiger partial charge in [-0.2, -0.15) is 0 Å². The molecule has 4 heteroatoms. The van der Waals surface area contributed by atoms with Gasteiger partial charge >= 0.3 is 0 Å². The van der Waals surface area contributed by atoms with Gasteiger partial charge in [-0.05, 0) is 72.1 Å². The summed E-state index contributed by atoms with van der Waals surface area (Å²) >= 11 is 0. The molecule has 1 fully saturated rings. The van der Waals surface area contributed by atoms with Crippen LogP contribution in [0.15, 0.2) is 78.9 Å². The van der Waals surface area contributed by atoms with E-state index >= 15 is 0 Å². The number of amides is 1. The number of fused-ring (bicyclic) bond motifs is 1. The van der Waals surface area contributed by atoms with Crippen LogP contribution < -0.4 is 0 Å². The molecular formula is C35H43N3O. The summed E-state index contributed by atoms with van der Waals surface area (Å²) < 4.78 is 2.50. The highest BCUT2D eigenvalue weighted by Crippen LogP contribution is 2.30. The van der Waals surface area contributed by atoms with Crippen molar-refractivity contribution in [1.29, 1.82) is 0 Å². The molecule has 1 aliphatic rings. The molecule has 1 saturated heterocycles. The number of aromatic nitrogens is 1. The largest absolute Gasteiger partial charge is 0.344 e. The standard InChI is InChI=1S/C35H43N3O/c1-26(29-14-16-30(17-15-29)34(39)37-22-20-36(5)21-23-37)24-28-12-10-27(11-13-28)18-19-38-32-9-7-6-8-31(32)25-33(38)35(2,3)4/h6-17,25-26H,18-24H2,1-5H3. The highest BCUT2D eigenvalue weighted by Gasteiger charge is 2.22. The van der Waals surface area contributed by atoms with Gasteiger partial charge in [0, 0.05) is 54.9 Å². The molecule has 2 heterocycles. The summed E-state index contributed by atoms with van der Waals surface area (Å²) in [4.78, 5) is 17.1. The molecule has 1 unspecified atom stereocenters. The van der Waals surface area contributed by atoms with Crippen LogP contribution in [-0.4, -0.2) is 53.5 Å². The maximum atomic E-state index is 12.9. The van der Waals surface area contributed by atoms with Crippen LogP contribution in [0.4, 0.5) is 0 Å². The van der Waals surface area contributed by atoms with Gasteiger partial charge in [-0.3, -0.25) is 4.79 Å². The Morgan fingerprint density at radius 2 is 1.49 bits per heavy atom. The highest BCUT2D eigenvalue weighted by molar-refractivity contribution is 5.94. The third-order valence-corrected chi connectivity index (χ3v) is 8.29. The van der Waals surface area contributed by atoms with E-state index in [1.165, 1.54) is 33.3 Å². The molecule has 0 saturated carbocycles. The molecule has 1 aromatic heterocycles. The lowest BCUT2D eigenvalue weighted by Crippen LogP contribution is -2.47. The topological polar surface area (TPSA) is 28.5 Å². The second-order valence-electron chi connectivity index (χ2n) is 12.4. The molecule has 5 rings (SSSR count). The maximum absolute atomic E-state index is 12.9. The molecule has 1 atom stereocenters. The molecule has 0 radical (unpaired) electrons. The number of likely N-dealkylation sites (N-methyl/N-ethyl adjacent to an activating group) is 1. The zero-order chi connectivity index (χ0) is 27.6. The molecule has 0 N–H and O–H groups in total. The van der Waals surface area contributed by atoms with Gasteiger partial charge in [0.25, 0.3) is 5.91 Å². The average molecular weight is 522 g/mol. The molecule has 4 aromatic rings. The monoisotopic (exact) mass is 521 g/mol. The normalized spacial score (nSPS) is 15.6. The fourth-order valence-electron chi connectivity index (χ4n) is 5.77. The molecule has 0 bridgehead atoms. The van der Waals surface area contributed by atoms with Crippen molar-refractivity contribution in [2.45, 2.75) is 58.4 Å². The Bertz CT molecular complexity index is 1400. The van der Waals surface area contributed by atoms with Crippen LogP contribution in [0.3, 0.4) is 0 Å². The van der Waals surface area contributed by atoms with E-state index in [1.54, 1.807) is 0 Å². The first-order valence-corrected chi connectivity index (χ1v) is 14.4. The Morgan fingerprint density at radius 3 is 2.15 bits per heavy atom. The molecule has 0 spiro atoms. The summed E-state index contributed by atoms with van der Waals surface area (Å²) in [5.41, 5.74) is 7.62. The number of benzene rings is 3. The van der Waals surface area contributed by atoms with Gasteiger partial charge in [0.1, 0.15) is 0 Å². The number of nitrogens with zero attached hydrogens (tertiary/aromatic N) is 3. The van der Waals surface area contributed by atoms with Crippen molar-refractivity contribution < 1.29 is 4.79 Å². The molecule has 39 heavy (non-hydrogen) atoms. The number of hydrogen-bond donors (Lipinski definition) is 0. The van der Waals surface area contributed by atoms with Gasteiger partial charge in [0.15, 0.2) is 0 Å². The van der Waals surface area contributed by atoms with Crippen molar-refractivity contribution in [2.75, 3.05) is 33.2 Å². The first-order chi connectivity index (χ1) is 18.7. The van der Waals surface area contributed by atoms with Crippen molar-refractivity contribution in [2.24, 2.45) is 0 Å². The van der Waals surface area contributed by atoms with Gasteiger partial charge < -0.3 is 14.4 Å². The van der Waals surface area contributed by atoms with Crippen molar-refractivity contribution in [3.8, 4) is 0 Å². The van der Waals surface area contributed by atoms with E-state index in [1.807, 2.05) is 17.0 Å². The lowest BCUT2D eigenvalue weighted by Gasteiger charge is -2.32. The molecule has 1 amide bonds. The Morgan fingerprint density at radius 1 is 0.846 bits per heavy atom. The average Bonchev–Trinajstić information content (AvgIpc) is 3.32. The van der Waals surface area contributed by atoms with E-state index in [9.17, 15) is 4.79 Å². The van der Waals surface area contributed by atoms with Gasteiger partial charge in [0.2, 0.25) is 0 Å². The summed E-state index contributed by atoms with van der Waals surface area (Å²) in [6.07, 6.45) is 2.00. The maximum Gasteiger partial charge on any atom is 0.253 e. The van der Waals surface area contributed by atoms with E-state index in [4.69, 9.17) is 0 Å². The smallest absolute Gasteiger partial charge is 0.253 e. The van der Waals surface area contributed by atoms with Crippen LogP contribution in [0, 0.1) is 0 Å². The quantitative estimate of drug-likeness (QED) is 0.264. The number of aryl methyl sites for hydroxylation is 2. The number of hydrogen-bond acceptors (Lipinski definition) is 2. The Labute approximate surface area is 234 Å². The second-order valence-corrected chi connectivity index (χ2v) is 12.4. The predicted molar refractivity (Wildman–Crippen MR) is 163 cm³/mol. The zero-order valence-electron chi connectivity index (χ0n) is 24.3. The van der Waals surface area contributed by atoms with Crippen LogP contribution in [0.25, 0.3) is 10.9 Å². The van der Waals surface area contributed by atoms with E-state index in [0.717, 1.165) is 51.1 Å². The van der Waals surface area contributed by atoms with Crippen molar-refractivity contribution in [3.63, 3.8) is 0 Å². The molecule has 204 valence electrons. The third-order valence-electron chi connectivity index (χ3n) is 8.29. The second kappa shape index (κ2) is 11.4. The number of para-hydroxylation sites is 1. The number of carbonyl (C=O) groups excluding carboxylic acids is 1. The summed E-state index contributed by atoms with van der Waals surface area (Å²) in [6, 6.07) is 28.5. The Kier molecular flexibility index (Phi) is 7.95. The zero-order valence-corrected chi connectivity index (χ0v) is 24.3. The van der Waals surface area contributed by atoms with Crippen LogP contribution in [0.5, 0.6) is 0 Å². The van der Waals surface area contributed by atoms with Crippen molar-refractivity contribution in [3.05, 3.63) is 107 Å². The minimum Gasteiger partial charge on any atom is -0.344 e. The third kappa shape index (κ3) is 6.28. The predicted octanol–water partition coefficient (Wildman–Crippen LogP) is 6.92. The van der Waals surface area contributed by atoms with Gasteiger partial charge in [-0.1, -0.05) is 82.3 Å². The fraction of sp³-hybridized carbons (Fsp3) is 0.400. The molecule has 3 aromatic carbocycles. The first kappa shape index (κ1) is 27.2. The van der Waals surface area contributed by atoms with Gasteiger partial charge in [-0.15, -0.1) is 0 Å². The van der Waals surface area contributed by atoms with Gasteiger partial charge in [0.05, 0.1) is 0 Å². The van der Waals surface area contributed by atoms with Crippen LogP contribution >= 0.6 is 0 Å². The lowest BCUT2D eigenvalue weighted by molar-refractivity contribution is 0.0664. The molecule has 4 nitrogen and oxygen atoms in total.